The van der Waals surface area contributed by atoms with Gasteiger partial charge in [0.25, 0.3) is 0 Å². The highest BCUT2D eigenvalue weighted by Gasteiger charge is 2.40. The molecule has 3 aliphatic heterocycles. The topological polar surface area (TPSA) is 151 Å². The smallest absolute Gasteiger partial charge is 0.481 e. The zero-order valence-electron chi connectivity index (χ0n) is 21.3. The average molecular weight is 555 g/mol. The lowest BCUT2D eigenvalue weighted by Gasteiger charge is -2.18. The Morgan fingerprint density at radius 3 is 1.68 bits per heavy atom. The first-order valence-corrected chi connectivity index (χ1v) is 12.8. The normalized spacial score (nSPS) is 19.6. The number of carbonyl (C=O) groups is 4. The summed E-state index contributed by atoms with van der Waals surface area (Å²) in [5.41, 5.74) is 0.117. The van der Waals surface area contributed by atoms with Crippen LogP contribution in [0.4, 0.5) is 8.78 Å². The van der Waals surface area contributed by atoms with Crippen LogP contribution in [-0.4, -0.2) is 70.8 Å². The maximum Gasteiger partial charge on any atom is 0.494 e. The summed E-state index contributed by atoms with van der Waals surface area (Å²) in [7, 11) is -2.99. The van der Waals surface area contributed by atoms with Crippen LogP contribution >= 0.6 is 0 Å². The minimum atomic E-state index is -1.49. The van der Waals surface area contributed by atoms with Crippen molar-refractivity contribution in [2.75, 3.05) is 13.1 Å². The van der Waals surface area contributed by atoms with Gasteiger partial charge in [-0.3, -0.25) is 19.2 Å². The summed E-state index contributed by atoms with van der Waals surface area (Å²) in [4.78, 5) is 51.4. The van der Waals surface area contributed by atoms with Gasteiger partial charge in [0.1, 0.15) is 11.6 Å². The summed E-state index contributed by atoms with van der Waals surface area (Å²) in [6.45, 7) is 0.0639. The van der Waals surface area contributed by atoms with Crippen molar-refractivity contribution in [1.29, 1.82) is 0 Å². The SMILES string of the molecule is O=C(O)CCC(=O)N1C[C@H](CC(=O)c2ccc3c(c2F)B(O)OC3)[C@@H](CC(=O)c2ccc3c(c2F)B(O)OC3)C1. The summed E-state index contributed by atoms with van der Waals surface area (Å²) in [5.74, 6) is -5.83. The van der Waals surface area contributed by atoms with E-state index in [1.165, 1.54) is 29.2 Å². The van der Waals surface area contributed by atoms with E-state index in [2.05, 4.69) is 0 Å². The van der Waals surface area contributed by atoms with Crippen LogP contribution in [0.5, 0.6) is 0 Å². The van der Waals surface area contributed by atoms with Crippen molar-refractivity contribution in [2.24, 2.45) is 11.8 Å². The van der Waals surface area contributed by atoms with E-state index in [-0.39, 0.29) is 67.6 Å². The van der Waals surface area contributed by atoms with Gasteiger partial charge in [0, 0.05) is 43.3 Å². The highest BCUT2D eigenvalue weighted by atomic mass is 19.1. The van der Waals surface area contributed by atoms with Gasteiger partial charge in [-0.05, 0) is 35.1 Å². The van der Waals surface area contributed by atoms with Crippen LogP contribution in [0, 0.1) is 23.5 Å². The van der Waals surface area contributed by atoms with Crippen LogP contribution in [0.2, 0.25) is 0 Å². The molecule has 0 aromatic heterocycles. The van der Waals surface area contributed by atoms with Crippen LogP contribution in [0.15, 0.2) is 24.3 Å². The maximum atomic E-state index is 15.1. The predicted molar refractivity (Wildman–Crippen MR) is 136 cm³/mol. The summed E-state index contributed by atoms with van der Waals surface area (Å²) >= 11 is 0. The van der Waals surface area contributed by atoms with Crippen molar-refractivity contribution >= 4 is 48.6 Å². The van der Waals surface area contributed by atoms with Crippen LogP contribution in [-0.2, 0) is 32.1 Å². The fourth-order valence-electron chi connectivity index (χ4n) is 5.66. The van der Waals surface area contributed by atoms with Crippen LogP contribution in [0.3, 0.4) is 0 Å². The Hall–Kier alpha value is -3.45. The van der Waals surface area contributed by atoms with Gasteiger partial charge in [-0.15, -0.1) is 0 Å². The molecule has 0 aliphatic carbocycles. The molecule has 0 radical (unpaired) electrons. The molecule has 3 heterocycles. The van der Waals surface area contributed by atoms with E-state index in [4.69, 9.17) is 14.4 Å². The zero-order valence-corrected chi connectivity index (χ0v) is 21.3. The van der Waals surface area contributed by atoms with E-state index in [1.807, 2.05) is 0 Å². The Kier molecular flexibility index (Phi) is 7.87. The second-order valence-electron chi connectivity index (χ2n) is 10.3. The van der Waals surface area contributed by atoms with E-state index in [0.717, 1.165) is 0 Å². The number of carboxylic acid groups (broad SMARTS) is 1. The Morgan fingerprint density at radius 2 is 1.25 bits per heavy atom. The van der Waals surface area contributed by atoms with Gasteiger partial charge in [-0.2, -0.15) is 0 Å². The van der Waals surface area contributed by atoms with Gasteiger partial charge in [-0.1, -0.05) is 12.1 Å². The van der Waals surface area contributed by atoms with Crippen LogP contribution in [0.25, 0.3) is 0 Å². The number of rotatable bonds is 9. The predicted octanol–water partition coefficient (Wildman–Crippen LogP) is 0.185. The molecular weight excluding hydrogens is 530 g/mol. The first kappa shape index (κ1) is 28.1. The molecule has 1 fully saturated rings. The molecule has 208 valence electrons. The van der Waals surface area contributed by atoms with Crippen LogP contribution < -0.4 is 10.9 Å². The third kappa shape index (κ3) is 5.31. The molecule has 3 aliphatic rings. The number of hydrogen-bond donors (Lipinski definition) is 3. The highest BCUT2D eigenvalue weighted by Crippen LogP contribution is 2.33. The number of aliphatic carboxylic acids is 1. The molecule has 1 saturated heterocycles. The summed E-state index contributed by atoms with van der Waals surface area (Å²) < 4.78 is 40.3. The molecule has 2 aromatic rings. The molecule has 3 N–H and O–H groups in total. The molecule has 2 aromatic carbocycles. The number of amides is 1. The second kappa shape index (κ2) is 11.2. The molecule has 40 heavy (non-hydrogen) atoms. The molecule has 14 heteroatoms. The average Bonchev–Trinajstić information content (AvgIpc) is 3.60. The van der Waals surface area contributed by atoms with E-state index in [1.54, 1.807) is 0 Å². The van der Waals surface area contributed by atoms with E-state index in [0.29, 0.717) is 11.1 Å². The number of Topliss-reactive ketones (excluding diaryl/α,β-unsaturated/α-hetero) is 2. The Balaban J connectivity index is 1.37. The highest BCUT2D eigenvalue weighted by molar-refractivity contribution is 6.62. The van der Waals surface area contributed by atoms with Gasteiger partial charge >= 0.3 is 20.2 Å². The van der Waals surface area contributed by atoms with Crippen molar-refractivity contribution < 1.29 is 52.4 Å². The minimum absolute atomic E-state index is 0.00449. The molecular formula is C26H25B2F2NO9. The van der Waals surface area contributed by atoms with E-state index >= 15 is 8.78 Å². The number of ketones is 2. The maximum absolute atomic E-state index is 15.1. The molecule has 0 spiro atoms. The lowest BCUT2D eigenvalue weighted by molar-refractivity contribution is -0.140. The number of carbonyl (C=O) groups excluding carboxylic acids is 3. The zero-order chi connectivity index (χ0) is 28.7. The standard InChI is InChI=1S/C26H25B2F2NO9/c29-25-17(3-1-13-11-39-27(37)23(13)25)19(32)7-15-9-31(21(34)5-6-22(35)36)10-16(15)8-20(33)18-4-2-14-12-40-28(38)24(14)26(18)30/h1-4,15-16,37-38H,5-12H2,(H,35,36)/t15-,16-/m0/s1. The fourth-order valence-corrected chi connectivity index (χ4v) is 5.66. The van der Waals surface area contributed by atoms with Crippen molar-refractivity contribution in [1.82, 2.24) is 4.90 Å². The van der Waals surface area contributed by atoms with E-state index < -0.39 is 67.6 Å². The van der Waals surface area contributed by atoms with Gasteiger partial charge < -0.3 is 29.4 Å². The van der Waals surface area contributed by atoms with Gasteiger partial charge in [0.05, 0.1) is 30.8 Å². The summed E-state index contributed by atoms with van der Waals surface area (Å²) in [6.07, 6.45) is -1.15. The molecule has 1 amide bonds. The van der Waals surface area contributed by atoms with Crippen LogP contribution in [0.1, 0.15) is 57.5 Å². The first-order valence-electron chi connectivity index (χ1n) is 12.8. The number of fused-ring (bicyclic) bond motifs is 2. The molecule has 0 bridgehead atoms. The Bertz CT molecular complexity index is 1320. The molecule has 2 atom stereocenters. The molecule has 5 rings (SSSR count). The minimum Gasteiger partial charge on any atom is -0.481 e. The number of hydrogen-bond acceptors (Lipinski definition) is 8. The van der Waals surface area contributed by atoms with E-state index in [9.17, 15) is 29.2 Å². The van der Waals surface area contributed by atoms with Gasteiger partial charge in [0.2, 0.25) is 5.91 Å². The summed E-state index contributed by atoms with van der Waals surface area (Å²) in [6, 6.07) is 5.59. The first-order chi connectivity index (χ1) is 19.0. The number of benzene rings is 2. The largest absolute Gasteiger partial charge is 0.494 e. The fraction of sp³-hybridized carbons (Fsp3) is 0.385. The quantitative estimate of drug-likeness (QED) is 0.291. The lowest BCUT2D eigenvalue weighted by atomic mass is 9.76. The van der Waals surface area contributed by atoms with Gasteiger partial charge in [0.15, 0.2) is 11.6 Å². The number of halogens is 2. The molecule has 0 saturated carbocycles. The number of nitrogens with zero attached hydrogens (tertiary/aromatic N) is 1. The summed E-state index contributed by atoms with van der Waals surface area (Å²) in [5, 5.41) is 28.8. The Morgan fingerprint density at radius 1 is 0.800 bits per heavy atom. The number of carboxylic acids is 1. The third-order valence-electron chi connectivity index (χ3n) is 7.81. The Labute approximate surface area is 228 Å². The van der Waals surface area contributed by atoms with Crippen molar-refractivity contribution in [2.45, 2.75) is 38.9 Å². The number of likely N-dealkylation sites (tertiary alicyclic amines) is 1. The second-order valence-corrected chi connectivity index (χ2v) is 10.3. The lowest BCUT2D eigenvalue weighted by Crippen LogP contribution is -2.33. The monoisotopic (exact) mass is 555 g/mol. The third-order valence-corrected chi connectivity index (χ3v) is 7.81. The molecule has 10 nitrogen and oxygen atoms in total. The van der Waals surface area contributed by atoms with Crippen molar-refractivity contribution in [3.8, 4) is 0 Å². The van der Waals surface area contributed by atoms with Gasteiger partial charge in [-0.25, -0.2) is 8.78 Å². The van der Waals surface area contributed by atoms with Crippen molar-refractivity contribution in [3.63, 3.8) is 0 Å². The van der Waals surface area contributed by atoms with Crippen molar-refractivity contribution in [3.05, 3.63) is 58.2 Å². The molecule has 0 unspecified atom stereocenters.